The zero-order valence-corrected chi connectivity index (χ0v) is 8.46. The van der Waals surface area contributed by atoms with Gasteiger partial charge in [-0.2, -0.15) is 0 Å². The summed E-state index contributed by atoms with van der Waals surface area (Å²) < 4.78 is 14.5. The summed E-state index contributed by atoms with van der Waals surface area (Å²) in [7, 11) is 0. The predicted octanol–water partition coefficient (Wildman–Crippen LogP) is 2.48. The first kappa shape index (κ1) is 9.66. The second kappa shape index (κ2) is 3.70. The number of rotatable bonds is 2. The Bertz CT molecular complexity index is 288. The van der Waals surface area contributed by atoms with Gasteiger partial charge < -0.3 is 5.32 Å². The Kier molecular flexibility index (Phi) is 2.55. The SMILES string of the molecule is CC(F)(c1ccccc1)C1CCNC1. The Morgan fingerprint density at radius 2 is 2.07 bits per heavy atom. The van der Waals surface area contributed by atoms with Crippen LogP contribution in [0.25, 0.3) is 0 Å². The van der Waals surface area contributed by atoms with Crippen LogP contribution in [0.4, 0.5) is 4.39 Å². The maximum atomic E-state index is 14.5. The van der Waals surface area contributed by atoms with Crippen LogP contribution in [0, 0.1) is 5.92 Å². The second-order valence-corrected chi connectivity index (χ2v) is 4.13. The van der Waals surface area contributed by atoms with E-state index in [0.717, 1.165) is 25.1 Å². The Balaban J connectivity index is 2.22. The lowest BCUT2D eigenvalue weighted by molar-refractivity contribution is 0.112. The van der Waals surface area contributed by atoms with E-state index in [0.29, 0.717) is 0 Å². The zero-order chi connectivity index (χ0) is 10.0. The van der Waals surface area contributed by atoms with Crippen LogP contribution in [0.15, 0.2) is 30.3 Å². The number of alkyl halides is 1. The van der Waals surface area contributed by atoms with Gasteiger partial charge in [-0.25, -0.2) is 4.39 Å². The normalized spacial score (nSPS) is 26.0. The molecule has 0 radical (unpaired) electrons. The molecule has 2 rings (SSSR count). The van der Waals surface area contributed by atoms with E-state index in [9.17, 15) is 4.39 Å². The maximum absolute atomic E-state index is 14.5. The van der Waals surface area contributed by atoms with Crippen LogP contribution in [0.3, 0.4) is 0 Å². The highest BCUT2D eigenvalue weighted by Gasteiger charge is 2.37. The quantitative estimate of drug-likeness (QED) is 0.761. The van der Waals surface area contributed by atoms with Crippen molar-refractivity contribution in [1.29, 1.82) is 0 Å². The minimum Gasteiger partial charge on any atom is -0.316 e. The molecule has 0 aliphatic carbocycles. The van der Waals surface area contributed by atoms with Crippen molar-refractivity contribution in [2.45, 2.75) is 19.0 Å². The van der Waals surface area contributed by atoms with Crippen LogP contribution >= 0.6 is 0 Å². The van der Waals surface area contributed by atoms with Gasteiger partial charge in [0.25, 0.3) is 0 Å². The van der Waals surface area contributed by atoms with Gasteiger partial charge in [0.2, 0.25) is 0 Å². The first-order chi connectivity index (χ1) is 6.71. The number of hydrogen-bond acceptors (Lipinski definition) is 1. The van der Waals surface area contributed by atoms with Crippen LogP contribution in [0.1, 0.15) is 18.9 Å². The van der Waals surface area contributed by atoms with Crippen molar-refractivity contribution in [3.8, 4) is 0 Å². The molecular weight excluding hydrogens is 177 g/mol. The van der Waals surface area contributed by atoms with E-state index < -0.39 is 5.67 Å². The molecule has 14 heavy (non-hydrogen) atoms. The highest BCUT2D eigenvalue weighted by atomic mass is 19.1. The lowest BCUT2D eigenvalue weighted by Crippen LogP contribution is -2.28. The van der Waals surface area contributed by atoms with E-state index in [1.165, 1.54) is 0 Å². The van der Waals surface area contributed by atoms with Crippen LogP contribution in [-0.2, 0) is 5.67 Å². The van der Waals surface area contributed by atoms with Crippen molar-refractivity contribution in [3.63, 3.8) is 0 Å². The molecule has 2 heteroatoms. The topological polar surface area (TPSA) is 12.0 Å². The maximum Gasteiger partial charge on any atom is 0.137 e. The summed E-state index contributed by atoms with van der Waals surface area (Å²) in [6.45, 7) is 3.43. The average molecular weight is 193 g/mol. The van der Waals surface area contributed by atoms with Crippen LogP contribution in [0.5, 0.6) is 0 Å². The fraction of sp³-hybridized carbons (Fsp3) is 0.500. The summed E-state index contributed by atoms with van der Waals surface area (Å²) in [4.78, 5) is 0. The molecular formula is C12H16FN. The molecule has 0 aromatic heterocycles. The molecule has 76 valence electrons. The second-order valence-electron chi connectivity index (χ2n) is 4.13. The lowest BCUT2D eigenvalue weighted by Gasteiger charge is -2.27. The van der Waals surface area contributed by atoms with Crippen molar-refractivity contribution in [1.82, 2.24) is 5.32 Å². The van der Waals surface area contributed by atoms with Gasteiger partial charge in [0.15, 0.2) is 0 Å². The summed E-state index contributed by atoms with van der Waals surface area (Å²) in [6, 6.07) is 9.47. The predicted molar refractivity (Wildman–Crippen MR) is 55.9 cm³/mol. The molecule has 1 aromatic rings. The van der Waals surface area contributed by atoms with E-state index in [2.05, 4.69) is 5.32 Å². The highest BCUT2D eigenvalue weighted by Crippen LogP contribution is 2.36. The smallest absolute Gasteiger partial charge is 0.137 e. The summed E-state index contributed by atoms with van der Waals surface area (Å²) in [5, 5.41) is 3.21. The number of hydrogen-bond donors (Lipinski definition) is 1. The van der Waals surface area contributed by atoms with Gasteiger partial charge in [-0.15, -0.1) is 0 Å². The Hall–Kier alpha value is -0.890. The molecule has 2 atom stereocenters. The highest BCUT2D eigenvalue weighted by molar-refractivity contribution is 5.23. The van der Waals surface area contributed by atoms with Gasteiger partial charge in [0, 0.05) is 12.5 Å². The van der Waals surface area contributed by atoms with Crippen molar-refractivity contribution in [2.24, 2.45) is 5.92 Å². The molecule has 1 aliphatic heterocycles. The van der Waals surface area contributed by atoms with Gasteiger partial charge in [-0.1, -0.05) is 30.3 Å². The van der Waals surface area contributed by atoms with Crippen LogP contribution in [-0.4, -0.2) is 13.1 Å². The van der Waals surface area contributed by atoms with E-state index in [1.807, 2.05) is 30.3 Å². The first-order valence-corrected chi connectivity index (χ1v) is 5.16. The number of nitrogens with one attached hydrogen (secondary N) is 1. The molecule has 1 N–H and O–H groups in total. The molecule has 0 saturated carbocycles. The van der Waals surface area contributed by atoms with Crippen LogP contribution < -0.4 is 5.32 Å². The fourth-order valence-electron chi connectivity index (χ4n) is 2.12. The van der Waals surface area contributed by atoms with Gasteiger partial charge in [0.1, 0.15) is 5.67 Å². The molecule has 2 unspecified atom stereocenters. The summed E-state index contributed by atoms with van der Waals surface area (Å²) in [5.74, 6) is 0.116. The molecule has 0 bridgehead atoms. The van der Waals surface area contributed by atoms with Gasteiger partial charge in [-0.3, -0.25) is 0 Å². The largest absolute Gasteiger partial charge is 0.316 e. The average Bonchev–Trinajstić information content (AvgIpc) is 2.72. The van der Waals surface area contributed by atoms with Crippen molar-refractivity contribution >= 4 is 0 Å². The van der Waals surface area contributed by atoms with E-state index in [-0.39, 0.29) is 5.92 Å². The molecule has 0 amide bonds. The molecule has 1 heterocycles. The number of halogens is 1. The zero-order valence-electron chi connectivity index (χ0n) is 8.46. The first-order valence-electron chi connectivity index (χ1n) is 5.16. The third-order valence-electron chi connectivity index (χ3n) is 3.17. The Morgan fingerprint density at radius 1 is 1.36 bits per heavy atom. The van der Waals surface area contributed by atoms with E-state index >= 15 is 0 Å². The molecule has 1 aliphatic rings. The number of benzene rings is 1. The van der Waals surface area contributed by atoms with Crippen LogP contribution in [0.2, 0.25) is 0 Å². The van der Waals surface area contributed by atoms with Crippen molar-refractivity contribution in [2.75, 3.05) is 13.1 Å². The monoisotopic (exact) mass is 193 g/mol. The summed E-state index contributed by atoms with van der Waals surface area (Å²) >= 11 is 0. The third kappa shape index (κ3) is 1.67. The third-order valence-corrected chi connectivity index (χ3v) is 3.17. The van der Waals surface area contributed by atoms with Crippen molar-refractivity contribution in [3.05, 3.63) is 35.9 Å². The molecule has 1 aromatic carbocycles. The minimum absolute atomic E-state index is 0.116. The van der Waals surface area contributed by atoms with E-state index in [4.69, 9.17) is 0 Å². The molecule has 1 nitrogen and oxygen atoms in total. The Morgan fingerprint density at radius 3 is 2.64 bits per heavy atom. The summed E-state index contributed by atoms with van der Waals surface area (Å²) in [5.41, 5.74) is -0.390. The van der Waals surface area contributed by atoms with E-state index in [1.54, 1.807) is 6.92 Å². The molecule has 1 fully saturated rings. The fourth-order valence-corrected chi connectivity index (χ4v) is 2.12. The van der Waals surface area contributed by atoms with Gasteiger partial charge in [0.05, 0.1) is 0 Å². The standard InChI is InChI=1S/C12H16FN/c1-12(13,11-7-8-14-9-11)10-5-3-2-4-6-10/h2-6,11,14H,7-9H2,1H3. The molecule has 1 saturated heterocycles. The summed E-state index contributed by atoms with van der Waals surface area (Å²) in [6.07, 6.45) is 0.932. The lowest BCUT2D eigenvalue weighted by atomic mass is 9.84. The minimum atomic E-state index is -1.19. The molecule has 0 spiro atoms. The van der Waals surface area contributed by atoms with Gasteiger partial charge >= 0.3 is 0 Å². The van der Waals surface area contributed by atoms with Gasteiger partial charge in [-0.05, 0) is 25.5 Å². The Labute approximate surface area is 84.3 Å². The van der Waals surface area contributed by atoms with Crippen molar-refractivity contribution < 1.29 is 4.39 Å².